The fourth-order valence-electron chi connectivity index (χ4n) is 3.30. The Bertz CT molecular complexity index is 299. The molecule has 1 heterocycles. The standard InChI is InChI=1S/C18H35NO2S/c1-3-5-6-7-11-16(4-2)12-10-15-22-17-13-8-9-14-19(17)18(20)21/h16-17H,3-15H2,1-2H3,(H,20,21). The van der Waals surface area contributed by atoms with Gasteiger partial charge in [0.15, 0.2) is 0 Å². The van der Waals surface area contributed by atoms with Crippen LogP contribution in [0.25, 0.3) is 0 Å². The summed E-state index contributed by atoms with van der Waals surface area (Å²) in [5.74, 6) is 1.99. The third-order valence-corrected chi connectivity index (χ3v) is 6.20. The predicted octanol–water partition coefficient (Wildman–Crippen LogP) is 5.99. The molecular weight excluding hydrogens is 294 g/mol. The van der Waals surface area contributed by atoms with Crippen molar-refractivity contribution in [3.63, 3.8) is 0 Å². The molecule has 0 saturated carbocycles. The van der Waals surface area contributed by atoms with Crippen molar-refractivity contribution in [2.24, 2.45) is 5.92 Å². The molecule has 130 valence electrons. The van der Waals surface area contributed by atoms with Gasteiger partial charge in [-0.25, -0.2) is 4.79 Å². The Kier molecular flexibility index (Phi) is 10.8. The molecule has 1 amide bonds. The van der Waals surface area contributed by atoms with Crippen molar-refractivity contribution in [3.05, 3.63) is 0 Å². The average molecular weight is 330 g/mol. The smallest absolute Gasteiger partial charge is 0.408 e. The monoisotopic (exact) mass is 329 g/mol. The minimum absolute atomic E-state index is 0.205. The average Bonchev–Trinajstić information content (AvgIpc) is 2.53. The summed E-state index contributed by atoms with van der Waals surface area (Å²) >= 11 is 1.86. The summed E-state index contributed by atoms with van der Waals surface area (Å²) in [6.45, 7) is 5.30. The van der Waals surface area contributed by atoms with Gasteiger partial charge in [-0.3, -0.25) is 4.90 Å². The molecule has 2 atom stereocenters. The van der Waals surface area contributed by atoms with Gasteiger partial charge in [0.1, 0.15) is 0 Å². The molecule has 1 N–H and O–H groups in total. The lowest BCUT2D eigenvalue weighted by Crippen LogP contribution is -2.41. The van der Waals surface area contributed by atoms with Crippen LogP contribution in [0.1, 0.15) is 84.5 Å². The Morgan fingerprint density at radius 1 is 1.18 bits per heavy atom. The number of piperidine rings is 1. The summed E-state index contributed by atoms with van der Waals surface area (Å²) in [6.07, 6.45) is 13.2. The van der Waals surface area contributed by atoms with Gasteiger partial charge in [0, 0.05) is 6.54 Å². The highest BCUT2D eigenvalue weighted by Crippen LogP contribution is 2.28. The molecule has 1 aliphatic rings. The summed E-state index contributed by atoms with van der Waals surface area (Å²) in [7, 11) is 0. The molecule has 0 radical (unpaired) electrons. The van der Waals surface area contributed by atoms with Crippen LogP contribution in [-0.2, 0) is 0 Å². The van der Waals surface area contributed by atoms with Gasteiger partial charge in [0.05, 0.1) is 5.37 Å². The number of nitrogens with zero attached hydrogens (tertiary/aromatic N) is 1. The lowest BCUT2D eigenvalue weighted by molar-refractivity contribution is 0.129. The number of unbranched alkanes of at least 4 members (excludes halogenated alkanes) is 3. The minimum Gasteiger partial charge on any atom is -0.465 e. The maximum absolute atomic E-state index is 11.2. The topological polar surface area (TPSA) is 40.5 Å². The summed E-state index contributed by atoms with van der Waals surface area (Å²) in [5, 5.41) is 9.45. The van der Waals surface area contributed by atoms with Crippen LogP contribution in [0.4, 0.5) is 4.79 Å². The van der Waals surface area contributed by atoms with Gasteiger partial charge in [-0.15, -0.1) is 11.8 Å². The van der Waals surface area contributed by atoms with Gasteiger partial charge in [-0.05, 0) is 43.8 Å². The second-order valence-electron chi connectivity index (χ2n) is 6.56. The lowest BCUT2D eigenvalue weighted by Gasteiger charge is -2.33. The van der Waals surface area contributed by atoms with E-state index in [0.717, 1.165) is 31.1 Å². The van der Waals surface area contributed by atoms with Gasteiger partial charge in [-0.2, -0.15) is 0 Å². The molecule has 0 spiro atoms. The van der Waals surface area contributed by atoms with Crippen molar-refractivity contribution in [3.8, 4) is 0 Å². The molecule has 0 aromatic carbocycles. The number of hydrogen-bond donors (Lipinski definition) is 1. The first kappa shape index (κ1) is 19.7. The van der Waals surface area contributed by atoms with E-state index in [-0.39, 0.29) is 5.37 Å². The normalized spacial score (nSPS) is 20.1. The number of hydrogen-bond acceptors (Lipinski definition) is 2. The van der Waals surface area contributed by atoms with E-state index >= 15 is 0 Å². The van der Waals surface area contributed by atoms with Crippen LogP contribution in [0.3, 0.4) is 0 Å². The van der Waals surface area contributed by atoms with E-state index < -0.39 is 6.09 Å². The molecule has 0 aromatic rings. The van der Waals surface area contributed by atoms with Crippen molar-refractivity contribution in [2.45, 2.75) is 89.9 Å². The number of likely N-dealkylation sites (tertiary alicyclic amines) is 1. The molecule has 0 aliphatic carbocycles. The highest BCUT2D eigenvalue weighted by Gasteiger charge is 2.26. The summed E-state index contributed by atoms with van der Waals surface area (Å²) in [4.78, 5) is 12.9. The molecule has 0 aromatic heterocycles. The van der Waals surface area contributed by atoms with Crippen molar-refractivity contribution in [1.82, 2.24) is 4.90 Å². The van der Waals surface area contributed by atoms with Crippen molar-refractivity contribution in [2.75, 3.05) is 12.3 Å². The molecule has 2 unspecified atom stereocenters. The van der Waals surface area contributed by atoms with Gasteiger partial charge in [0.25, 0.3) is 0 Å². The molecule has 3 nitrogen and oxygen atoms in total. The Labute approximate surface area is 141 Å². The first-order valence-electron chi connectivity index (χ1n) is 9.30. The molecule has 1 saturated heterocycles. The lowest BCUT2D eigenvalue weighted by atomic mass is 9.94. The van der Waals surface area contributed by atoms with Crippen LogP contribution in [0, 0.1) is 5.92 Å². The van der Waals surface area contributed by atoms with E-state index in [9.17, 15) is 9.90 Å². The van der Waals surface area contributed by atoms with Crippen LogP contribution in [0.15, 0.2) is 0 Å². The highest BCUT2D eigenvalue weighted by atomic mass is 32.2. The van der Waals surface area contributed by atoms with E-state index in [1.54, 1.807) is 4.90 Å². The number of carbonyl (C=O) groups is 1. The molecule has 1 fully saturated rings. The van der Waals surface area contributed by atoms with Gasteiger partial charge in [0.2, 0.25) is 0 Å². The van der Waals surface area contributed by atoms with E-state index in [1.165, 1.54) is 57.8 Å². The van der Waals surface area contributed by atoms with E-state index in [1.807, 2.05) is 11.8 Å². The fourth-order valence-corrected chi connectivity index (χ4v) is 4.61. The van der Waals surface area contributed by atoms with Gasteiger partial charge in [-0.1, -0.05) is 52.4 Å². The first-order chi connectivity index (χ1) is 10.7. The summed E-state index contributed by atoms with van der Waals surface area (Å²) in [5.41, 5.74) is 0. The van der Waals surface area contributed by atoms with Crippen molar-refractivity contribution < 1.29 is 9.90 Å². The van der Waals surface area contributed by atoms with Crippen molar-refractivity contribution >= 4 is 17.9 Å². The second kappa shape index (κ2) is 12.1. The largest absolute Gasteiger partial charge is 0.465 e. The number of rotatable bonds is 11. The summed E-state index contributed by atoms with van der Waals surface area (Å²) in [6, 6.07) is 0. The Balaban J connectivity index is 2.15. The molecule has 4 heteroatoms. The molecule has 1 aliphatic heterocycles. The minimum atomic E-state index is -0.737. The van der Waals surface area contributed by atoms with Crippen LogP contribution in [0.5, 0.6) is 0 Å². The Morgan fingerprint density at radius 3 is 2.64 bits per heavy atom. The third kappa shape index (κ3) is 7.75. The molecular formula is C18H35NO2S. The van der Waals surface area contributed by atoms with Crippen molar-refractivity contribution in [1.29, 1.82) is 0 Å². The first-order valence-corrected chi connectivity index (χ1v) is 10.3. The zero-order chi connectivity index (χ0) is 16.2. The van der Waals surface area contributed by atoms with Gasteiger partial charge >= 0.3 is 6.09 Å². The quantitative estimate of drug-likeness (QED) is 0.473. The zero-order valence-corrected chi connectivity index (χ0v) is 15.4. The molecule has 22 heavy (non-hydrogen) atoms. The SMILES string of the molecule is CCCCCCC(CC)CCCSC1CCCCN1C(=O)O. The second-order valence-corrected chi connectivity index (χ2v) is 7.85. The zero-order valence-electron chi connectivity index (χ0n) is 14.6. The molecule has 0 bridgehead atoms. The third-order valence-electron chi connectivity index (χ3n) is 4.80. The van der Waals surface area contributed by atoms with Crippen LogP contribution in [0.2, 0.25) is 0 Å². The Morgan fingerprint density at radius 2 is 1.95 bits per heavy atom. The number of amides is 1. The van der Waals surface area contributed by atoms with Gasteiger partial charge < -0.3 is 5.11 Å². The van der Waals surface area contributed by atoms with Crippen LogP contribution < -0.4 is 0 Å². The Hall–Kier alpha value is -0.380. The van der Waals surface area contributed by atoms with E-state index in [0.29, 0.717) is 0 Å². The maximum atomic E-state index is 11.2. The highest BCUT2D eigenvalue weighted by molar-refractivity contribution is 7.99. The van der Waals surface area contributed by atoms with E-state index in [2.05, 4.69) is 13.8 Å². The van der Waals surface area contributed by atoms with Crippen LogP contribution in [-0.4, -0.2) is 33.8 Å². The van der Waals surface area contributed by atoms with Crippen LogP contribution >= 0.6 is 11.8 Å². The fraction of sp³-hybridized carbons (Fsp3) is 0.944. The molecule has 1 rings (SSSR count). The number of carboxylic acid groups (broad SMARTS) is 1. The predicted molar refractivity (Wildman–Crippen MR) is 96.6 cm³/mol. The maximum Gasteiger partial charge on any atom is 0.408 e. The summed E-state index contributed by atoms with van der Waals surface area (Å²) < 4.78 is 0. The number of thioether (sulfide) groups is 1. The van der Waals surface area contributed by atoms with E-state index in [4.69, 9.17) is 0 Å².